The summed E-state index contributed by atoms with van der Waals surface area (Å²) in [4.78, 5) is 21.4. The van der Waals surface area contributed by atoms with Crippen molar-refractivity contribution in [2.45, 2.75) is 19.2 Å². The summed E-state index contributed by atoms with van der Waals surface area (Å²) in [6, 6.07) is 2.87. The minimum absolute atomic E-state index is 0.295. The first kappa shape index (κ1) is 16.7. The van der Waals surface area contributed by atoms with E-state index in [9.17, 15) is 33.2 Å². The van der Waals surface area contributed by atoms with Crippen LogP contribution in [0.15, 0.2) is 18.2 Å². The Morgan fingerprint density at radius 3 is 2.67 bits per heavy atom. The number of nitrogens with one attached hydrogen (secondary N) is 1. The molecule has 0 unspecified atom stereocenters. The van der Waals surface area contributed by atoms with Crippen LogP contribution in [0.4, 0.5) is 24.5 Å². The summed E-state index contributed by atoms with van der Waals surface area (Å²) >= 11 is 0. The zero-order valence-electron chi connectivity index (χ0n) is 10.7. The van der Waals surface area contributed by atoms with Crippen molar-refractivity contribution in [1.29, 1.82) is 0 Å². The zero-order chi connectivity index (χ0) is 16.2. The van der Waals surface area contributed by atoms with Gasteiger partial charge >= 0.3 is 6.18 Å². The Labute approximate surface area is 116 Å². The van der Waals surface area contributed by atoms with Crippen LogP contribution in [0.25, 0.3) is 0 Å². The maximum Gasteiger partial charge on any atom is 0.411 e. The molecule has 0 aliphatic carbocycles. The first-order chi connectivity index (χ1) is 9.60. The average Bonchev–Trinajstić information content (AvgIpc) is 2.37. The number of rotatable bonds is 5. The van der Waals surface area contributed by atoms with E-state index in [-0.39, 0.29) is 5.69 Å². The number of phenols is 1. The molecule has 0 bridgehead atoms. The Morgan fingerprint density at radius 2 is 2.14 bits per heavy atom. The van der Waals surface area contributed by atoms with E-state index in [1.54, 1.807) is 0 Å². The number of ether oxygens (including phenoxy) is 1. The SMILES string of the molecule is C[C@@H](OCC(F)(F)F)C(=O)Nc1cc([N+](=O)[O-])ccc1O. The minimum atomic E-state index is -4.58. The van der Waals surface area contributed by atoms with Crippen LogP contribution >= 0.6 is 0 Å². The number of aromatic hydroxyl groups is 1. The summed E-state index contributed by atoms with van der Waals surface area (Å²) in [5.41, 5.74) is -0.691. The molecule has 1 atom stereocenters. The number of carbonyl (C=O) groups excluding carboxylic acids is 1. The molecule has 1 aromatic carbocycles. The predicted octanol–water partition coefficient (Wildman–Crippen LogP) is 2.21. The molecule has 0 aromatic heterocycles. The second kappa shape index (κ2) is 6.39. The second-order valence-corrected chi connectivity index (χ2v) is 4.02. The largest absolute Gasteiger partial charge is 0.506 e. The Hall–Kier alpha value is -2.36. The van der Waals surface area contributed by atoms with Crippen LogP contribution in [0.3, 0.4) is 0 Å². The fourth-order valence-corrected chi connectivity index (χ4v) is 1.27. The topological polar surface area (TPSA) is 102 Å². The highest BCUT2D eigenvalue weighted by atomic mass is 19.4. The van der Waals surface area contributed by atoms with Crippen molar-refractivity contribution in [2.75, 3.05) is 11.9 Å². The Kier molecular flexibility index (Phi) is 5.08. The van der Waals surface area contributed by atoms with Gasteiger partial charge in [-0.25, -0.2) is 0 Å². The van der Waals surface area contributed by atoms with E-state index in [2.05, 4.69) is 10.1 Å². The van der Waals surface area contributed by atoms with Gasteiger partial charge in [-0.1, -0.05) is 0 Å². The molecule has 116 valence electrons. The van der Waals surface area contributed by atoms with Gasteiger partial charge < -0.3 is 15.2 Å². The van der Waals surface area contributed by atoms with E-state index in [0.717, 1.165) is 25.1 Å². The van der Waals surface area contributed by atoms with E-state index < -0.39 is 41.2 Å². The number of nitro benzene ring substituents is 1. The molecule has 1 rings (SSSR count). The first-order valence-corrected chi connectivity index (χ1v) is 5.57. The van der Waals surface area contributed by atoms with Gasteiger partial charge in [-0.2, -0.15) is 13.2 Å². The highest BCUT2D eigenvalue weighted by Crippen LogP contribution is 2.28. The van der Waals surface area contributed by atoms with Crippen molar-refractivity contribution in [1.82, 2.24) is 0 Å². The second-order valence-electron chi connectivity index (χ2n) is 4.02. The molecule has 2 N–H and O–H groups in total. The number of anilines is 1. The van der Waals surface area contributed by atoms with Crippen molar-refractivity contribution in [3.8, 4) is 5.75 Å². The zero-order valence-corrected chi connectivity index (χ0v) is 10.7. The van der Waals surface area contributed by atoms with Gasteiger partial charge in [0.2, 0.25) is 0 Å². The van der Waals surface area contributed by atoms with Gasteiger partial charge in [-0.3, -0.25) is 14.9 Å². The molecule has 0 spiro atoms. The lowest BCUT2D eigenvalue weighted by Gasteiger charge is -2.15. The number of nitrogens with zero attached hydrogens (tertiary/aromatic N) is 1. The number of non-ortho nitro benzene ring substituents is 1. The third kappa shape index (κ3) is 5.26. The maximum atomic E-state index is 11.9. The third-order valence-electron chi connectivity index (χ3n) is 2.32. The summed E-state index contributed by atoms with van der Waals surface area (Å²) in [7, 11) is 0. The molecule has 0 saturated carbocycles. The maximum absolute atomic E-state index is 11.9. The van der Waals surface area contributed by atoms with Gasteiger partial charge in [-0.15, -0.1) is 0 Å². The molecule has 0 saturated heterocycles. The van der Waals surface area contributed by atoms with Crippen LogP contribution in [-0.2, 0) is 9.53 Å². The highest BCUT2D eigenvalue weighted by Gasteiger charge is 2.30. The first-order valence-electron chi connectivity index (χ1n) is 5.57. The van der Waals surface area contributed by atoms with Crippen LogP contribution in [0, 0.1) is 10.1 Å². The van der Waals surface area contributed by atoms with Crippen LogP contribution < -0.4 is 5.32 Å². The summed E-state index contributed by atoms with van der Waals surface area (Å²) in [5, 5.41) is 22.1. The lowest BCUT2D eigenvalue weighted by Crippen LogP contribution is -2.31. The molecule has 0 fully saturated rings. The quantitative estimate of drug-likeness (QED) is 0.493. The van der Waals surface area contributed by atoms with Gasteiger partial charge in [0.25, 0.3) is 11.6 Å². The molecule has 0 radical (unpaired) electrons. The lowest BCUT2D eigenvalue weighted by molar-refractivity contribution is -0.384. The van der Waals surface area contributed by atoms with Gasteiger partial charge in [0.1, 0.15) is 18.5 Å². The van der Waals surface area contributed by atoms with Gasteiger partial charge in [-0.05, 0) is 13.0 Å². The molecule has 21 heavy (non-hydrogen) atoms. The van der Waals surface area contributed by atoms with Crippen LogP contribution in [0.1, 0.15) is 6.92 Å². The molecular formula is C11H11F3N2O5. The van der Waals surface area contributed by atoms with Crippen molar-refractivity contribution >= 4 is 17.3 Å². The van der Waals surface area contributed by atoms with Crippen molar-refractivity contribution in [3.63, 3.8) is 0 Å². The van der Waals surface area contributed by atoms with E-state index in [1.807, 2.05) is 0 Å². The Morgan fingerprint density at radius 1 is 1.52 bits per heavy atom. The number of nitro groups is 1. The molecular weight excluding hydrogens is 297 g/mol. The summed E-state index contributed by atoms with van der Waals surface area (Å²) in [6.07, 6.45) is -6.03. The van der Waals surface area contributed by atoms with Crippen LogP contribution in [-0.4, -0.2) is 34.8 Å². The molecule has 1 aromatic rings. The number of hydrogen-bond acceptors (Lipinski definition) is 5. The number of alkyl halides is 3. The van der Waals surface area contributed by atoms with Gasteiger partial charge in [0.05, 0.1) is 10.6 Å². The van der Waals surface area contributed by atoms with E-state index in [1.165, 1.54) is 0 Å². The number of hydrogen-bond donors (Lipinski definition) is 2. The van der Waals surface area contributed by atoms with Crippen LogP contribution in [0.5, 0.6) is 5.75 Å². The van der Waals surface area contributed by atoms with Crippen molar-refractivity contribution < 1.29 is 32.7 Å². The highest BCUT2D eigenvalue weighted by molar-refractivity contribution is 5.95. The molecule has 0 aliphatic rings. The number of phenolic OH excluding ortho intramolecular Hbond substituents is 1. The number of benzene rings is 1. The predicted molar refractivity (Wildman–Crippen MR) is 64.9 cm³/mol. The van der Waals surface area contributed by atoms with E-state index in [4.69, 9.17) is 0 Å². The minimum Gasteiger partial charge on any atom is -0.506 e. The van der Waals surface area contributed by atoms with E-state index in [0.29, 0.717) is 0 Å². The standard InChI is InChI=1S/C11H11F3N2O5/c1-6(21-5-11(12,13)14)10(18)15-8-4-7(16(19)20)2-3-9(8)17/h2-4,6,17H,5H2,1H3,(H,15,18)/t6-/m1/s1. The lowest BCUT2D eigenvalue weighted by atomic mass is 10.2. The summed E-state index contributed by atoms with van der Waals surface area (Å²) < 4.78 is 40.1. The Bertz CT molecular complexity index is 547. The Balaban J connectivity index is 2.74. The van der Waals surface area contributed by atoms with E-state index >= 15 is 0 Å². The average molecular weight is 308 g/mol. The molecule has 1 amide bonds. The molecule has 10 heteroatoms. The fraction of sp³-hybridized carbons (Fsp3) is 0.364. The normalized spacial score (nSPS) is 12.8. The fourth-order valence-electron chi connectivity index (χ4n) is 1.27. The summed E-state index contributed by atoms with van der Waals surface area (Å²) in [5.74, 6) is -1.44. The van der Waals surface area contributed by atoms with Gasteiger partial charge in [0.15, 0.2) is 0 Å². The van der Waals surface area contributed by atoms with Crippen molar-refractivity contribution in [2.24, 2.45) is 0 Å². The van der Waals surface area contributed by atoms with Crippen molar-refractivity contribution in [3.05, 3.63) is 28.3 Å². The third-order valence-corrected chi connectivity index (χ3v) is 2.32. The molecule has 7 nitrogen and oxygen atoms in total. The molecule has 0 heterocycles. The number of halogens is 3. The van der Waals surface area contributed by atoms with Crippen LogP contribution in [0.2, 0.25) is 0 Å². The smallest absolute Gasteiger partial charge is 0.411 e. The number of amides is 1. The number of carbonyl (C=O) groups is 1. The molecule has 0 aliphatic heterocycles. The van der Waals surface area contributed by atoms with Gasteiger partial charge in [0, 0.05) is 12.1 Å². The summed E-state index contributed by atoms with van der Waals surface area (Å²) in [6.45, 7) is -0.530. The monoisotopic (exact) mass is 308 g/mol.